The van der Waals surface area contributed by atoms with E-state index in [1.165, 1.54) is 17.0 Å². The van der Waals surface area contributed by atoms with Gasteiger partial charge in [0.05, 0.1) is 28.7 Å². The van der Waals surface area contributed by atoms with Crippen molar-refractivity contribution in [2.45, 2.75) is 25.2 Å². The highest BCUT2D eigenvalue weighted by molar-refractivity contribution is 8.18. The van der Waals surface area contributed by atoms with Gasteiger partial charge in [0.1, 0.15) is 0 Å². The lowest BCUT2D eigenvalue weighted by atomic mass is 9.93. The number of allylic oxidation sites excluding steroid dienone is 1. The summed E-state index contributed by atoms with van der Waals surface area (Å²) in [6, 6.07) is 8.66. The first-order chi connectivity index (χ1) is 18.9. The van der Waals surface area contributed by atoms with Gasteiger partial charge in [-0.05, 0) is 65.6 Å². The van der Waals surface area contributed by atoms with E-state index in [4.69, 9.17) is 11.6 Å². The largest absolute Gasteiger partial charge is 0.416 e. The van der Waals surface area contributed by atoms with Crippen molar-refractivity contribution in [1.29, 1.82) is 0 Å². The minimum atomic E-state index is -4.67. The molecule has 0 bridgehead atoms. The Hall–Kier alpha value is -3.03. The Bertz CT molecular complexity index is 1500. The molecule has 0 aliphatic carbocycles. The molecule has 2 aromatic carbocycles. The molecule has 1 saturated heterocycles. The van der Waals surface area contributed by atoms with Crippen LogP contribution in [0.1, 0.15) is 23.1 Å². The van der Waals surface area contributed by atoms with E-state index in [2.05, 4.69) is 15.2 Å². The van der Waals surface area contributed by atoms with E-state index in [-0.39, 0.29) is 41.5 Å². The average Bonchev–Trinajstić information content (AvgIpc) is 3.42. The minimum absolute atomic E-state index is 0.0638. The monoisotopic (exact) mass is 601 g/mol. The van der Waals surface area contributed by atoms with Crippen LogP contribution in [0.5, 0.6) is 0 Å². The zero-order valence-electron chi connectivity index (χ0n) is 20.7. The minimum Gasteiger partial charge on any atom is -0.349 e. The van der Waals surface area contributed by atoms with E-state index in [0.717, 1.165) is 17.8 Å². The van der Waals surface area contributed by atoms with E-state index < -0.39 is 30.4 Å². The van der Waals surface area contributed by atoms with Gasteiger partial charge in [-0.1, -0.05) is 23.7 Å². The Morgan fingerprint density at radius 2 is 1.82 bits per heavy atom. The van der Waals surface area contributed by atoms with Crippen LogP contribution in [-0.2, 0) is 17.4 Å². The average molecular weight is 602 g/mol. The van der Waals surface area contributed by atoms with Crippen molar-refractivity contribution in [3.63, 3.8) is 0 Å². The summed E-state index contributed by atoms with van der Waals surface area (Å²) in [7, 11) is 0. The standard InChI is InChI=1S/C26H22ClF6N5OS/c27-18-4-2-16(20(12-18)26(31,32)33)11-19(15-3-5-21-17(10-15)13-34-36-21)22-23(39)35-24(40-22)38-7-1-6-37(8-9-38)14-25(28,29)30/h2-5,10,12-13H,1,6-9,11,14H2,(H,34,36). The fraction of sp³-hybridized carbons (Fsp3) is 0.346. The summed E-state index contributed by atoms with van der Waals surface area (Å²) in [5.74, 6) is -0.610. The molecule has 5 rings (SSSR count). The number of benzene rings is 2. The predicted octanol–water partition coefficient (Wildman–Crippen LogP) is 6.39. The summed E-state index contributed by atoms with van der Waals surface area (Å²) >= 11 is 6.90. The molecule has 14 heteroatoms. The Kier molecular flexibility index (Phi) is 7.90. The van der Waals surface area contributed by atoms with Crippen molar-refractivity contribution in [3.05, 3.63) is 69.2 Å². The maximum absolute atomic E-state index is 13.9. The van der Waals surface area contributed by atoms with Crippen molar-refractivity contribution in [2.24, 2.45) is 4.99 Å². The summed E-state index contributed by atoms with van der Waals surface area (Å²) < 4.78 is 80.4. The number of alkyl halides is 6. The maximum atomic E-state index is 13.9. The van der Waals surface area contributed by atoms with Gasteiger partial charge < -0.3 is 4.90 Å². The summed E-state index contributed by atoms with van der Waals surface area (Å²) in [5, 5.41) is 7.76. The van der Waals surface area contributed by atoms with Crippen LogP contribution < -0.4 is 0 Å². The number of carbonyl (C=O) groups excluding carboxylic acids is 1. The Balaban J connectivity index is 1.49. The number of halogens is 7. The van der Waals surface area contributed by atoms with Gasteiger partial charge in [0.15, 0.2) is 5.17 Å². The van der Waals surface area contributed by atoms with Gasteiger partial charge in [0.25, 0.3) is 5.91 Å². The van der Waals surface area contributed by atoms with Crippen molar-refractivity contribution in [1.82, 2.24) is 20.0 Å². The molecule has 3 heterocycles. The van der Waals surface area contributed by atoms with Gasteiger partial charge in [-0.3, -0.25) is 14.8 Å². The number of amides is 1. The number of aromatic nitrogens is 2. The Morgan fingerprint density at radius 3 is 2.58 bits per heavy atom. The van der Waals surface area contributed by atoms with E-state index in [9.17, 15) is 31.1 Å². The number of fused-ring (bicyclic) bond motifs is 1. The molecule has 40 heavy (non-hydrogen) atoms. The molecular weight excluding hydrogens is 580 g/mol. The second-order valence-corrected chi connectivity index (χ2v) is 10.9. The first kappa shape index (κ1) is 28.5. The van der Waals surface area contributed by atoms with Crippen molar-refractivity contribution >= 4 is 50.9 Å². The molecule has 0 radical (unpaired) electrons. The molecule has 0 unspecified atom stereocenters. The zero-order chi connectivity index (χ0) is 28.7. The lowest BCUT2D eigenvalue weighted by molar-refractivity contribution is -0.145. The van der Waals surface area contributed by atoms with E-state index in [1.54, 1.807) is 29.3 Å². The van der Waals surface area contributed by atoms with Crippen LogP contribution >= 0.6 is 23.4 Å². The molecular formula is C26H22ClF6N5OS. The van der Waals surface area contributed by atoms with Crippen LogP contribution in [0.3, 0.4) is 0 Å². The van der Waals surface area contributed by atoms with Gasteiger partial charge >= 0.3 is 12.4 Å². The van der Waals surface area contributed by atoms with Crippen LogP contribution in [0.4, 0.5) is 26.3 Å². The fourth-order valence-corrected chi connectivity index (χ4v) is 6.04. The molecule has 0 spiro atoms. The molecule has 1 amide bonds. The summed E-state index contributed by atoms with van der Waals surface area (Å²) in [6.07, 6.45) is -7.21. The third-order valence-corrected chi connectivity index (χ3v) is 8.05. The van der Waals surface area contributed by atoms with Gasteiger partial charge in [-0.2, -0.15) is 36.4 Å². The summed E-state index contributed by atoms with van der Waals surface area (Å²) in [4.78, 5) is 20.6. The Labute approximate surface area is 234 Å². The number of aromatic amines is 1. The van der Waals surface area contributed by atoms with Crippen LogP contribution in [0.2, 0.25) is 5.02 Å². The third kappa shape index (κ3) is 6.47. The second kappa shape index (κ2) is 11.1. The molecule has 3 aromatic rings. The van der Waals surface area contributed by atoms with E-state index >= 15 is 0 Å². The lowest BCUT2D eigenvalue weighted by Crippen LogP contribution is -2.37. The molecule has 2 aliphatic heterocycles. The van der Waals surface area contributed by atoms with Crippen LogP contribution in [0.25, 0.3) is 16.5 Å². The normalized spacial score (nSPS) is 18.8. The van der Waals surface area contributed by atoms with E-state index in [1.807, 2.05) is 0 Å². The van der Waals surface area contributed by atoms with Crippen molar-refractivity contribution in [2.75, 3.05) is 32.7 Å². The number of carbonyl (C=O) groups is 1. The summed E-state index contributed by atoms with van der Waals surface area (Å²) in [5.41, 5.74) is 0.614. The topological polar surface area (TPSA) is 64.6 Å². The molecule has 0 saturated carbocycles. The van der Waals surface area contributed by atoms with Crippen LogP contribution in [0, 0.1) is 0 Å². The summed E-state index contributed by atoms with van der Waals surface area (Å²) in [6.45, 7) is -0.0120. The molecule has 1 fully saturated rings. The molecule has 6 nitrogen and oxygen atoms in total. The van der Waals surface area contributed by atoms with Crippen LogP contribution in [-0.4, -0.2) is 70.0 Å². The lowest BCUT2D eigenvalue weighted by Gasteiger charge is -2.23. The molecule has 212 valence electrons. The number of rotatable bonds is 4. The molecule has 1 aromatic heterocycles. The van der Waals surface area contributed by atoms with E-state index in [0.29, 0.717) is 40.2 Å². The van der Waals surface area contributed by atoms with Gasteiger partial charge in [-0.15, -0.1) is 0 Å². The van der Waals surface area contributed by atoms with Crippen molar-refractivity contribution in [3.8, 4) is 0 Å². The second-order valence-electron chi connectivity index (χ2n) is 9.49. The van der Waals surface area contributed by atoms with Gasteiger partial charge in [-0.25, -0.2) is 0 Å². The SMILES string of the molecule is O=C1N=C(N2CCCN(CC(F)(F)F)CC2)SC1=C(Cc1ccc(Cl)cc1C(F)(F)F)c1ccc2[nH]ncc2c1. The maximum Gasteiger partial charge on any atom is 0.416 e. The first-order valence-corrected chi connectivity index (χ1v) is 13.4. The number of nitrogens with zero attached hydrogens (tertiary/aromatic N) is 4. The number of H-pyrrole nitrogens is 1. The molecule has 1 N–H and O–H groups in total. The highest BCUT2D eigenvalue weighted by atomic mass is 35.5. The van der Waals surface area contributed by atoms with Crippen LogP contribution in [0.15, 0.2) is 52.5 Å². The number of hydrogen-bond acceptors (Lipinski definition) is 5. The molecule has 0 atom stereocenters. The highest BCUT2D eigenvalue weighted by Gasteiger charge is 2.36. The first-order valence-electron chi connectivity index (χ1n) is 12.2. The van der Waals surface area contributed by atoms with Crippen molar-refractivity contribution < 1.29 is 31.1 Å². The number of nitrogens with one attached hydrogen (secondary N) is 1. The number of aliphatic imine (C=N–C) groups is 1. The smallest absolute Gasteiger partial charge is 0.349 e. The quantitative estimate of drug-likeness (QED) is 0.277. The predicted molar refractivity (Wildman–Crippen MR) is 142 cm³/mol. The van der Waals surface area contributed by atoms with Gasteiger partial charge in [0.2, 0.25) is 0 Å². The fourth-order valence-electron chi connectivity index (χ4n) is 4.80. The Morgan fingerprint density at radius 1 is 1.02 bits per heavy atom. The zero-order valence-corrected chi connectivity index (χ0v) is 22.3. The number of hydrogen-bond donors (Lipinski definition) is 1. The third-order valence-electron chi connectivity index (χ3n) is 6.65. The number of amidine groups is 1. The van der Waals surface area contributed by atoms with Gasteiger partial charge in [0, 0.05) is 36.6 Å². The number of thioether (sulfide) groups is 1. The molecule has 2 aliphatic rings. The highest BCUT2D eigenvalue weighted by Crippen LogP contribution is 2.41.